The van der Waals surface area contributed by atoms with Gasteiger partial charge in [-0.25, -0.2) is 9.59 Å². The molecule has 1 aromatic rings. The molecule has 0 radical (unpaired) electrons. The summed E-state index contributed by atoms with van der Waals surface area (Å²) in [6.07, 6.45) is 9.61. The van der Waals surface area contributed by atoms with Crippen molar-refractivity contribution in [2.75, 3.05) is 26.7 Å². The lowest BCUT2D eigenvalue weighted by Gasteiger charge is -2.22. The predicted octanol–water partition coefficient (Wildman–Crippen LogP) is 2.76. The van der Waals surface area contributed by atoms with Crippen molar-refractivity contribution in [3.63, 3.8) is 0 Å². The van der Waals surface area contributed by atoms with Gasteiger partial charge in [-0.3, -0.25) is 0 Å². The number of unbranched alkanes of at least 4 members (excludes halogenated alkanes) is 4. The van der Waals surface area contributed by atoms with Crippen LogP contribution in [0.4, 0.5) is 0 Å². The van der Waals surface area contributed by atoms with E-state index in [2.05, 4.69) is 33.7 Å². The van der Waals surface area contributed by atoms with Gasteiger partial charge in [0.25, 0.3) is 5.88 Å². The normalized spacial score (nSPS) is 14.2. The molecule has 0 spiro atoms. The van der Waals surface area contributed by atoms with E-state index in [1.165, 1.54) is 43.0 Å². The Morgan fingerprint density at radius 1 is 1.19 bits per heavy atom. The quantitative estimate of drug-likeness (QED) is 0.519. The molecule has 1 aliphatic heterocycles. The van der Waals surface area contributed by atoms with Crippen molar-refractivity contribution in [3.05, 3.63) is 11.8 Å². The summed E-state index contributed by atoms with van der Waals surface area (Å²) in [7, 11) is 2.14. The van der Waals surface area contributed by atoms with Gasteiger partial charge in [0.05, 0.1) is 18.3 Å². The Labute approximate surface area is 157 Å². The van der Waals surface area contributed by atoms with Gasteiger partial charge in [-0.1, -0.05) is 38.7 Å². The fourth-order valence-corrected chi connectivity index (χ4v) is 2.94. The van der Waals surface area contributed by atoms with Gasteiger partial charge in [0.2, 0.25) is 0 Å². The first-order valence-corrected chi connectivity index (χ1v) is 9.48. The van der Waals surface area contributed by atoms with E-state index in [4.69, 9.17) is 24.5 Å². The minimum atomic E-state index is -1.82. The highest BCUT2D eigenvalue weighted by Gasteiger charge is 2.18. The van der Waals surface area contributed by atoms with Crippen LogP contribution in [0.15, 0.2) is 6.08 Å². The molecule has 0 bridgehead atoms. The van der Waals surface area contributed by atoms with E-state index < -0.39 is 11.9 Å². The van der Waals surface area contributed by atoms with E-state index in [0.717, 1.165) is 44.1 Å². The van der Waals surface area contributed by atoms with Crippen LogP contribution in [0.25, 0.3) is 5.57 Å². The molecule has 0 amide bonds. The van der Waals surface area contributed by atoms with Gasteiger partial charge in [0.1, 0.15) is 5.69 Å². The number of ether oxygens (including phenoxy) is 1. The van der Waals surface area contributed by atoms with E-state index in [0.29, 0.717) is 0 Å². The number of rotatable bonds is 8. The number of nitrogens with zero attached hydrogens (tertiary/aromatic N) is 3. The van der Waals surface area contributed by atoms with Crippen LogP contribution in [-0.4, -0.2) is 62.5 Å². The molecule has 8 nitrogen and oxygen atoms in total. The fourth-order valence-electron chi connectivity index (χ4n) is 2.41. The largest absolute Gasteiger partial charge is 0.475 e. The monoisotopic (exact) mass is 385 g/mol. The minimum absolute atomic E-state index is 0.729. The van der Waals surface area contributed by atoms with Crippen molar-refractivity contribution in [2.45, 2.75) is 45.4 Å². The van der Waals surface area contributed by atoms with Gasteiger partial charge < -0.3 is 19.8 Å². The lowest BCUT2D eigenvalue weighted by molar-refractivity contribution is -0.159. The second-order valence-corrected chi connectivity index (χ2v) is 6.58. The summed E-state index contributed by atoms with van der Waals surface area (Å²) < 4.78 is 14.5. The summed E-state index contributed by atoms with van der Waals surface area (Å²) in [6.45, 7) is 5.05. The molecular weight excluding hydrogens is 358 g/mol. The average Bonchev–Trinajstić information content (AvgIpc) is 3.07. The molecule has 2 N–H and O–H groups in total. The molecule has 2 rings (SSSR count). The molecule has 0 atom stereocenters. The average molecular weight is 385 g/mol. The molecule has 0 saturated carbocycles. The van der Waals surface area contributed by atoms with Crippen molar-refractivity contribution >= 4 is 29.2 Å². The van der Waals surface area contributed by atoms with Crippen molar-refractivity contribution in [2.24, 2.45) is 0 Å². The van der Waals surface area contributed by atoms with Crippen molar-refractivity contribution in [1.82, 2.24) is 13.6 Å². The number of hydrogen-bond acceptors (Lipinski definition) is 7. The SMILES string of the molecule is CCCCCCCOc1nsnc1C1=CCCN(C)C1.O=C(O)C(=O)O. The zero-order valence-corrected chi connectivity index (χ0v) is 16.1. The third kappa shape index (κ3) is 8.39. The molecule has 146 valence electrons. The Hall–Kier alpha value is -2.00. The molecule has 0 unspecified atom stereocenters. The summed E-state index contributed by atoms with van der Waals surface area (Å²) in [5.41, 5.74) is 2.21. The molecule has 0 aliphatic carbocycles. The zero-order chi connectivity index (χ0) is 19.4. The standard InChI is InChI=1S/C15H25N3OS.C2H2O4/c1-3-4-5-6-7-11-19-15-14(16-20-17-15)13-9-8-10-18(2)12-13;3-1(4)2(5)6/h9H,3-8,10-12H2,1-2H3;(H,3,4)(H,5,6). The Kier molecular flexibility index (Phi) is 10.5. The number of carboxylic acids is 2. The minimum Gasteiger partial charge on any atom is -0.475 e. The van der Waals surface area contributed by atoms with Crippen LogP contribution in [0.3, 0.4) is 0 Å². The van der Waals surface area contributed by atoms with E-state index in [-0.39, 0.29) is 0 Å². The van der Waals surface area contributed by atoms with Crippen molar-refractivity contribution < 1.29 is 24.5 Å². The van der Waals surface area contributed by atoms with Crippen molar-refractivity contribution in [3.8, 4) is 5.88 Å². The summed E-state index contributed by atoms with van der Waals surface area (Å²) >= 11 is 1.25. The maximum absolute atomic E-state index is 9.10. The second kappa shape index (κ2) is 12.4. The van der Waals surface area contributed by atoms with Gasteiger partial charge in [-0.15, -0.1) is 4.37 Å². The molecule has 2 heterocycles. The highest BCUT2D eigenvalue weighted by atomic mass is 32.1. The molecule has 1 aliphatic rings. The zero-order valence-electron chi connectivity index (χ0n) is 15.3. The predicted molar refractivity (Wildman–Crippen MR) is 99.5 cm³/mol. The first-order valence-electron chi connectivity index (χ1n) is 8.75. The van der Waals surface area contributed by atoms with Crippen LogP contribution in [0.1, 0.15) is 51.1 Å². The molecule has 0 fully saturated rings. The summed E-state index contributed by atoms with van der Waals surface area (Å²) in [4.78, 5) is 20.5. The summed E-state index contributed by atoms with van der Waals surface area (Å²) in [5, 5.41) is 14.8. The number of likely N-dealkylation sites (N-methyl/N-ethyl adjacent to an activating group) is 1. The lowest BCUT2D eigenvalue weighted by atomic mass is 10.1. The van der Waals surface area contributed by atoms with Gasteiger partial charge in [0.15, 0.2) is 0 Å². The first kappa shape index (κ1) is 22.0. The number of aromatic nitrogens is 2. The smallest absolute Gasteiger partial charge is 0.414 e. The lowest BCUT2D eigenvalue weighted by Crippen LogP contribution is -2.25. The number of hydrogen-bond donors (Lipinski definition) is 2. The highest BCUT2D eigenvalue weighted by molar-refractivity contribution is 6.99. The molecule has 1 aromatic heterocycles. The number of carbonyl (C=O) groups is 2. The van der Waals surface area contributed by atoms with Gasteiger partial charge in [0, 0.05) is 13.1 Å². The topological polar surface area (TPSA) is 113 Å². The number of carboxylic acid groups (broad SMARTS) is 2. The first-order chi connectivity index (χ1) is 12.5. The molecule has 0 saturated heterocycles. The third-order valence-electron chi connectivity index (χ3n) is 3.77. The maximum Gasteiger partial charge on any atom is 0.414 e. The Bertz CT molecular complexity index is 591. The second-order valence-electron chi connectivity index (χ2n) is 6.05. The summed E-state index contributed by atoms with van der Waals surface area (Å²) in [5.74, 6) is -2.92. The van der Waals surface area contributed by atoms with Crippen LogP contribution in [-0.2, 0) is 9.59 Å². The van der Waals surface area contributed by atoms with Gasteiger partial charge >= 0.3 is 11.9 Å². The third-order valence-corrected chi connectivity index (χ3v) is 4.29. The molecule has 0 aromatic carbocycles. The molecular formula is C17H27N3O5S. The van der Waals surface area contributed by atoms with E-state index in [1.54, 1.807) is 0 Å². The van der Waals surface area contributed by atoms with E-state index in [1.807, 2.05) is 0 Å². The maximum atomic E-state index is 9.10. The van der Waals surface area contributed by atoms with E-state index >= 15 is 0 Å². The Morgan fingerprint density at radius 3 is 2.50 bits per heavy atom. The highest BCUT2D eigenvalue weighted by Crippen LogP contribution is 2.27. The van der Waals surface area contributed by atoms with Gasteiger partial charge in [-0.05, 0) is 25.5 Å². The van der Waals surface area contributed by atoms with Crippen LogP contribution in [0, 0.1) is 0 Å². The molecule has 9 heteroatoms. The Morgan fingerprint density at radius 2 is 1.88 bits per heavy atom. The fraction of sp³-hybridized carbons (Fsp3) is 0.647. The van der Waals surface area contributed by atoms with Crippen LogP contribution in [0.2, 0.25) is 0 Å². The van der Waals surface area contributed by atoms with Crippen LogP contribution >= 0.6 is 11.7 Å². The Balaban J connectivity index is 0.000000487. The van der Waals surface area contributed by atoms with E-state index in [9.17, 15) is 0 Å². The van der Waals surface area contributed by atoms with Crippen LogP contribution in [0.5, 0.6) is 5.88 Å². The van der Waals surface area contributed by atoms with Crippen molar-refractivity contribution in [1.29, 1.82) is 0 Å². The van der Waals surface area contributed by atoms with Crippen LogP contribution < -0.4 is 4.74 Å². The van der Waals surface area contributed by atoms with Gasteiger partial charge in [-0.2, -0.15) is 4.37 Å². The molecule has 26 heavy (non-hydrogen) atoms. The summed E-state index contributed by atoms with van der Waals surface area (Å²) in [6, 6.07) is 0. The number of aliphatic carboxylic acids is 2.